The van der Waals surface area contributed by atoms with Gasteiger partial charge in [0.05, 0.1) is 16.6 Å². The molecule has 8 nitrogen and oxygen atoms in total. The molecule has 3 heterocycles. The van der Waals surface area contributed by atoms with Gasteiger partial charge in [-0.3, -0.25) is 25.1 Å². The van der Waals surface area contributed by atoms with Crippen LogP contribution in [-0.4, -0.2) is 39.3 Å². The number of rotatable bonds is 3. The van der Waals surface area contributed by atoms with Crippen molar-refractivity contribution in [3.05, 3.63) is 23.0 Å². The number of ether oxygens (including phenoxy) is 1. The van der Waals surface area contributed by atoms with Crippen LogP contribution >= 0.6 is 0 Å². The van der Waals surface area contributed by atoms with E-state index in [1.807, 2.05) is 20.0 Å². The molecule has 2 aromatic rings. The predicted molar refractivity (Wildman–Crippen MR) is 89.8 cm³/mol. The highest BCUT2D eigenvalue weighted by atomic mass is 16.5. The smallest absolute Gasteiger partial charge is 0.270 e. The number of aryl methyl sites for hydroxylation is 2. The normalized spacial score (nSPS) is 20.0. The summed E-state index contributed by atoms with van der Waals surface area (Å²) in [6, 6.07) is 1.82. The molecule has 1 saturated carbocycles. The molecule has 0 radical (unpaired) electrons. The van der Waals surface area contributed by atoms with Crippen molar-refractivity contribution in [1.29, 1.82) is 0 Å². The third-order valence-electron chi connectivity index (χ3n) is 4.75. The molecule has 4 rings (SSSR count). The molecule has 25 heavy (non-hydrogen) atoms. The lowest BCUT2D eigenvalue weighted by molar-refractivity contribution is -0.130. The van der Waals surface area contributed by atoms with Crippen molar-refractivity contribution in [2.75, 3.05) is 6.61 Å². The molecule has 2 aliphatic rings. The van der Waals surface area contributed by atoms with E-state index in [4.69, 9.17) is 4.74 Å². The first-order valence-electron chi connectivity index (χ1n) is 8.60. The number of carbonyl (C=O) groups excluding carboxylic acids is 2. The summed E-state index contributed by atoms with van der Waals surface area (Å²) in [6.07, 6.45) is 3.23. The second-order valence-electron chi connectivity index (χ2n) is 6.72. The third kappa shape index (κ3) is 2.97. The second kappa shape index (κ2) is 6.11. The number of hydrazine groups is 1. The van der Waals surface area contributed by atoms with E-state index < -0.39 is 6.10 Å². The molecule has 0 aromatic carbocycles. The predicted octanol–water partition coefficient (Wildman–Crippen LogP) is 1.09. The van der Waals surface area contributed by atoms with Crippen molar-refractivity contribution >= 4 is 22.8 Å². The number of hydrogen-bond donors (Lipinski definition) is 2. The first kappa shape index (κ1) is 16.0. The lowest BCUT2D eigenvalue weighted by Gasteiger charge is -2.12. The van der Waals surface area contributed by atoms with Gasteiger partial charge in [-0.05, 0) is 38.7 Å². The van der Waals surface area contributed by atoms with Gasteiger partial charge in [0, 0.05) is 25.3 Å². The van der Waals surface area contributed by atoms with Crippen LogP contribution < -0.4 is 10.9 Å². The van der Waals surface area contributed by atoms with Crippen molar-refractivity contribution < 1.29 is 14.3 Å². The third-order valence-corrected chi connectivity index (χ3v) is 4.75. The minimum Gasteiger partial charge on any atom is -0.368 e. The molecular weight excluding hydrogens is 322 g/mol. The quantitative estimate of drug-likeness (QED) is 0.813. The summed E-state index contributed by atoms with van der Waals surface area (Å²) in [5.74, 6) is -0.272. The minimum absolute atomic E-state index is 0.318. The number of nitrogens with one attached hydrogen (secondary N) is 2. The van der Waals surface area contributed by atoms with Gasteiger partial charge >= 0.3 is 0 Å². The highest BCUT2D eigenvalue weighted by Gasteiger charge is 2.29. The summed E-state index contributed by atoms with van der Waals surface area (Å²) in [7, 11) is 1.82. The summed E-state index contributed by atoms with van der Waals surface area (Å²) in [4.78, 5) is 29.4. The van der Waals surface area contributed by atoms with Crippen LogP contribution in [0.5, 0.6) is 0 Å². The monoisotopic (exact) mass is 343 g/mol. The van der Waals surface area contributed by atoms with E-state index >= 15 is 0 Å². The lowest BCUT2D eigenvalue weighted by atomic mass is 10.1. The van der Waals surface area contributed by atoms with Crippen LogP contribution in [0, 0.1) is 6.92 Å². The molecule has 1 atom stereocenters. The molecule has 2 amide bonds. The molecule has 132 valence electrons. The molecule has 0 bridgehead atoms. The van der Waals surface area contributed by atoms with Gasteiger partial charge in [-0.1, -0.05) is 0 Å². The Morgan fingerprint density at radius 3 is 2.76 bits per heavy atom. The van der Waals surface area contributed by atoms with Gasteiger partial charge in [-0.25, -0.2) is 4.98 Å². The van der Waals surface area contributed by atoms with Crippen LogP contribution in [0.15, 0.2) is 6.07 Å². The molecule has 0 spiro atoms. The van der Waals surface area contributed by atoms with Crippen molar-refractivity contribution in [2.45, 2.75) is 44.6 Å². The van der Waals surface area contributed by atoms with Crippen LogP contribution in [0.25, 0.3) is 11.0 Å². The maximum absolute atomic E-state index is 12.7. The Kier molecular flexibility index (Phi) is 3.91. The molecule has 1 aliphatic heterocycles. The van der Waals surface area contributed by atoms with Gasteiger partial charge in [0.1, 0.15) is 6.10 Å². The van der Waals surface area contributed by atoms with E-state index in [0.717, 1.165) is 36.0 Å². The summed E-state index contributed by atoms with van der Waals surface area (Å²) < 4.78 is 7.01. The Hall–Kier alpha value is -2.48. The zero-order valence-corrected chi connectivity index (χ0v) is 14.3. The molecule has 1 unspecified atom stereocenters. The number of nitrogens with zero attached hydrogens (tertiary/aromatic N) is 3. The van der Waals surface area contributed by atoms with Crippen LogP contribution in [0.3, 0.4) is 0 Å². The van der Waals surface area contributed by atoms with Crippen LogP contribution in [0.1, 0.15) is 53.3 Å². The zero-order valence-electron chi connectivity index (χ0n) is 14.3. The Morgan fingerprint density at radius 1 is 1.28 bits per heavy atom. The fraction of sp³-hybridized carbons (Fsp3) is 0.529. The zero-order chi connectivity index (χ0) is 17.6. The van der Waals surface area contributed by atoms with E-state index in [1.165, 1.54) is 0 Å². The standard InChI is InChI=1S/C17H21N5O3/c1-9-14-11(16(23)19-20-17(24)13-4-3-7-25-13)8-12(10-5-6-10)18-15(14)22(2)21-9/h8,10,13H,3-7H2,1-2H3,(H,19,23)(H,20,24). The summed E-state index contributed by atoms with van der Waals surface area (Å²) in [5, 5.41) is 5.10. The van der Waals surface area contributed by atoms with Gasteiger partial charge < -0.3 is 4.74 Å². The van der Waals surface area contributed by atoms with Crippen molar-refractivity contribution in [3.8, 4) is 0 Å². The number of aromatic nitrogens is 3. The Bertz CT molecular complexity index is 850. The average molecular weight is 343 g/mol. The Balaban J connectivity index is 1.60. The van der Waals surface area contributed by atoms with E-state index in [1.54, 1.807) is 4.68 Å². The average Bonchev–Trinajstić information content (AvgIpc) is 3.23. The fourth-order valence-electron chi connectivity index (χ4n) is 3.28. The number of fused-ring (bicyclic) bond motifs is 1. The highest BCUT2D eigenvalue weighted by Crippen LogP contribution is 2.40. The number of amides is 2. The first-order valence-corrected chi connectivity index (χ1v) is 8.60. The molecule has 8 heteroatoms. The van der Waals surface area contributed by atoms with E-state index in [2.05, 4.69) is 20.9 Å². The topological polar surface area (TPSA) is 98.1 Å². The van der Waals surface area contributed by atoms with Gasteiger partial charge in [0.2, 0.25) is 0 Å². The molecule has 1 saturated heterocycles. The summed E-state index contributed by atoms with van der Waals surface area (Å²) in [6.45, 7) is 2.43. The van der Waals surface area contributed by atoms with Crippen LogP contribution in [0.2, 0.25) is 0 Å². The number of hydrogen-bond acceptors (Lipinski definition) is 5. The van der Waals surface area contributed by atoms with Gasteiger partial charge in [-0.2, -0.15) is 5.10 Å². The Labute approximate surface area is 144 Å². The van der Waals surface area contributed by atoms with Crippen molar-refractivity contribution in [3.63, 3.8) is 0 Å². The molecule has 1 aliphatic carbocycles. The summed E-state index contributed by atoms with van der Waals surface area (Å²) >= 11 is 0. The van der Waals surface area contributed by atoms with E-state index in [9.17, 15) is 9.59 Å². The fourth-order valence-corrected chi connectivity index (χ4v) is 3.28. The SMILES string of the molecule is Cc1nn(C)c2nc(C3CC3)cc(C(=O)NNC(=O)C3CCCO3)c12. The van der Waals surface area contributed by atoms with Crippen molar-refractivity contribution in [2.24, 2.45) is 7.05 Å². The van der Waals surface area contributed by atoms with E-state index in [-0.39, 0.29) is 11.8 Å². The molecule has 2 aromatic heterocycles. The number of pyridine rings is 1. The van der Waals surface area contributed by atoms with E-state index in [0.29, 0.717) is 30.2 Å². The molecule has 2 N–H and O–H groups in total. The molecular formula is C17H21N5O3. The van der Waals surface area contributed by atoms with Gasteiger partial charge in [0.25, 0.3) is 11.8 Å². The summed E-state index contributed by atoms with van der Waals surface area (Å²) in [5.41, 5.74) is 7.80. The van der Waals surface area contributed by atoms with Crippen LogP contribution in [-0.2, 0) is 16.6 Å². The van der Waals surface area contributed by atoms with Crippen molar-refractivity contribution in [1.82, 2.24) is 25.6 Å². The largest absolute Gasteiger partial charge is 0.368 e. The molecule has 2 fully saturated rings. The van der Waals surface area contributed by atoms with Gasteiger partial charge in [-0.15, -0.1) is 0 Å². The Morgan fingerprint density at radius 2 is 2.08 bits per heavy atom. The van der Waals surface area contributed by atoms with Gasteiger partial charge in [0.15, 0.2) is 5.65 Å². The highest BCUT2D eigenvalue weighted by molar-refractivity contribution is 6.07. The lowest BCUT2D eigenvalue weighted by Crippen LogP contribution is -2.46. The maximum atomic E-state index is 12.7. The minimum atomic E-state index is -0.486. The maximum Gasteiger partial charge on any atom is 0.270 e. The second-order valence-corrected chi connectivity index (χ2v) is 6.72. The first-order chi connectivity index (χ1) is 12.0. The van der Waals surface area contributed by atoms with Crippen LogP contribution in [0.4, 0.5) is 0 Å². The number of carbonyl (C=O) groups is 2.